The monoisotopic (exact) mass is 359 g/mol. The third-order valence-corrected chi connectivity index (χ3v) is 4.09. The fraction of sp³-hybridized carbons (Fsp3) is 0.389. The van der Waals surface area contributed by atoms with E-state index in [1.165, 1.54) is 6.92 Å². The van der Waals surface area contributed by atoms with Crippen LogP contribution < -0.4 is 5.32 Å². The fourth-order valence-corrected chi connectivity index (χ4v) is 2.57. The molecule has 0 radical (unpaired) electrons. The normalized spacial score (nSPS) is 13.0. The number of benzene rings is 1. The van der Waals surface area contributed by atoms with Gasteiger partial charge in [-0.05, 0) is 25.5 Å². The van der Waals surface area contributed by atoms with Crippen LogP contribution in [-0.2, 0) is 14.3 Å². The molecule has 1 N–H and O–H groups in total. The summed E-state index contributed by atoms with van der Waals surface area (Å²) in [7, 11) is 0. The molecule has 0 bridgehead atoms. The second kappa shape index (κ2) is 8.37. The molecular formula is C18H21N3O5. The molecule has 0 spiro atoms. The number of rotatable bonds is 8. The van der Waals surface area contributed by atoms with Gasteiger partial charge in [-0.2, -0.15) is 0 Å². The number of aromatic nitrogens is 1. The molecule has 2 aromatic rings. The molecule has 1 aromatic heterocycles. The lowest BCUT2D eigenvalue weighted by molar-refractivity contribution is -0.552. The molecule has 0 saturated carbocycles. The van der Waals surface area contributed by atoms with Crippen LogP contribution in [0.4, 0.5) is 5.69 Å². The van der Waals surface area contributed by atoms with Gasteiger partial charge in [0.2, 0.25) is 5.91 Å². The first-order valence-corrected chi connectivity index (χ1v) is 8.34. The van der Waals surface area contributed by atoms with E-state index >= 15 is 0 Å². The molecule has 8 heteroatoms. The molecule has 8 nitrogen and oxygen atoms in total. The van der Waals surface area contributed by atoms with Crippen LogP contribution in [0.3, 0.4) is 0 Å². The number of carbonyl (C=O) groups excluding carboxylic acids is 2. The predicted octanol–water partition coefficient (Wildman–Crippen LogP) is 2.94. The van der Waals surface area contributed by atoms with Crippen LogP contribution in [0.25, 0.3) is 10.9 Å². The molecule has 2 rings (SSSR count). The van der Waals surface area contributed by atoms with E-state index in [2.05, 4.69) is 10.3 Å². The summed E-state index contributed by atoms with van der Waals surface area (Å²) in [6.45, 7) is 2.87. The van der Waals surface area contributed by atoms with Gasteiger partial charge in [0, 0.05) is 36.3 Å². The summed E-state index contributed by atoms with van der Waals surface area (Å²) >= 11 is 0. The highest BCUT2D eigenvalue weighted by molar-refractivity contribution is 6.00. The van der Waals surface area contributed by atoms with Gasteiger partial charge >= 0.3 is 11.5 Å². The maximum atomic E-state index is 12.2. The number of para-hydroxylation sites is 1. The number of ether oxygens (including phenoxy) is 1. The molecule has 0 aliphatic rings. The van der Waals surface area contributed by atoms with E-state index in [1.54, 1.807) is 19.2 Å². The number of amides is 1. The van der Waals surface area contributed by atoms with Crippen molar-refractivity contribution in [3.63, 3.8) is 0 Å². The zero-order valence-corrected chi connectivity index (χ0v) is 14.7. The van der Waals surface area contributed by atoms with E-state index < -0.39 is 16.4 Å². The second-order valence-corrected chi connectivity index (χ2v) is 6.03. The van der Waals surface area contributed by atoms with Crippen molar-refractivity contribution in [1.29, 1.82) is 0 Å². The summed E-state index contributed by atoms with van der Waals surface area (Å²) in [6, 6.07) is 9.14. The number of hydrogen-bond acceptors (Lipinski definition) is 6. The fourth-order valence-electron chi connectivity index (χ4n) is 2.57. The third-order valence-electron chi connectivity index (χ3n) is 4.09. The Balaban J connectivity index is 1.98. The van der Waals surface area contributed by atoms with Crippen LogP contribution in [-0.4, -0.2) is 33.9 Å². The van der Waals surface area contributed by atoms with Gasteiger partial charge in [-0.15, -0.1) is 0 Å². The Morgan fingerprint density at radius 3 is 2.73 bits per heavy atom. The van der Waals surface area contributed by atoms with Crippen molar-refractivity contribution < 1.29 is 19.2 Å². The molecule has 0 aliphatic heterocycles. The van der Waals surface area contributed by atoms with Crippen LogP contribution in [0.2, 0.25) is 0 Å². The van der Waals surface area contributed by atoms with Crippen molar-refractivity contribution in [3.05, 3.63) is 46.6 Å². The number of nitrogens with one attached hydrogen (secondary N) is 1. The Morgan fingerprint density at radius 1 is 1.31 bits per heavy atom. The van der Waals surface area contributed by atoms with Crippen LogP contribution in [0.15, 0.2) is 36.5 Å². The largest absolute Gasteiger partial charge is 0.461 e. The van der Waals surface area contributed by atoms with E-state index in [0.717, 1.165) is 5.39 Å². The zero-order chi connectivity index (χ0) is 19.2. The smallest absolute Gasteiger partial charge is 0.384 e. The number of nitrogens with zero attached hydrogens (tertiary/aromatic N) is 2. The quantitative estimate of drug-likeness (QED) is 0.441. The summed E-state index contributed by atoms with van der Waals surface area (Å²) in [5, 5.41) is 14.9. The van der Waals surface area contributed by atoms with E-state index in [-0.39, 0.29) is 31.8 Å². The molecule has 1 heterocycles. The van der Waals surface area contributed by atoms with Crippen molar-refractivity contribution in [2.24, 2.45) is 0 Å². The van der Waals surface area contributed by atoms with Crippen molar-refractivity contribution in [2.45, 2.75) is 38.6 Å². The Hall–Kier alpha value is -3.03. The highest BCUT2D eigenvalue weighted by Crippen LogP contribution is 2.23. The van der Waals surface area contributed by atoms with Crippen molar-refractivity contribution in [2.75, 3.05) is 11.9 Å². The maximum Gasteiger partial charge on any atom is 0.384 e. The molecule has 1 amide bonds. The topological polar surface area (TPSA) is 111 Å². The predicted molar refractivity (Wildman–Crippen MR) is 96.3 cm³/mol. The summed E-state index contributed by atoms with van der Waals surface area (Å²) in [5.74, 6) is -1.18. The molecule has 0 fully saturated rings. The van der Waals surface area contributed by atoms with Crippen molar-refractivity contribution in [3.8, 4) is 0 Å². The van der Waals surface area contributed by atoms with Gasteiger partial charge in [0.25, 0.3) is 0 Å². The Bertz CT molecular complexity index is 818. The highest BCUT2D eigenvalue weighted by atomic mass is 16.6. The Labute approximate surface area is 150 Å². The Morgan fingerprint density at radius 2 is 2.04 bits per heavy atom. The maximum absolute atomic E-state index is 12.2. The average molecular weight is 359 g/mol. The van der Waals surface area contributed by atoms with Crippen LogP contribution in [0, 0.1) is 10.1 Å². The first kappa shape index (κ1) is 19.3. The first-order chi connectivity index (χ1) is 12.4. The molecule has 0 aliphatic carbocycles. The summed E-state index contributed by atoms with van der Waals surface area (Å²) in [4.78, 5) is 38.9. The lowest BCUT2D eigenvalue weighted by Gasteiger charge is -2.18. The number of pyridine rings is 1. The molecule has 1 atom stereocenters. The van der Waals surface area contributed by atoms with Crippen LogP contribution >= 0.6 is 0 Å². The van der Waals surface area contributed by atoms with Gasteiger partial charge in [0.15, 0.2) is 0 Å². The first-order valence-electron chi connectivity index (χ1n) is 8.34. The molecule has 1 unspecified atom stereocenters. The lowest BCUT2D eigenvalue weighted by atomic mass is 9.95. The van der Waals surface area contributed by atoms with Gasteiger partial charge in [0.05, 0.1) is 17.8 Å². The summed E-state index contributed by atoms with van der Waals surface area (Å²) in [6.07, 6.45) is 1.78. The average Bonchev–Trinajstić information content (AvgIpc) is 2.62. The van der Waals surface area contributed by atoms with Crippen LogP contribution in [0.1, 0.15) is 33.1 Å². The number of carbonyl (C=O) groups is 2. The van der Waals surface area contributed by atoms with E-state index in [0.29, 0.717) is 11.2 Å². The van der Waals surface area contributed by atoms with Gasteiger partial charge in [0.1, 0.15) is 0 Å². The summed E-state index contributed by atoms with van der Waals surface area (Å²) in [5.41, 5.74) is -0.599. The Kier molecular flexibility index (Phi) is 6.21. The highest BCUT2D eigenvalue weighted by Gasteiger charge is 2.46. The van der Waals surface area contributed by atoms with E-state index in [1.807, 2.05) is 24.3 Å². The van der Waals surface area contributed by atoms with Crippen LogP contribution in [0.5, 0.6) is 0 Å². The molecule has 138 valence electrons. The van der Waals surface area contributed by atoms with E-state index in [9.17, 15) is 19.7 Å². The zero-order valence-electron chi connectivity index (χ0n) is 14.7. The third kappa shape index (κ3) is 4.33. The van der Waals surface area contributed by atoms with E-state index in [4.69, 9.17) is 4.74 Å². The van der Waals surface area contributed by atoms with Gasteiger partial charge in [-0.25, -0.2) is 4.79 Å². The minimum atomic E-state index is -1.85. The molecule has 26 heavy (non-hydrogen) atoms. The number of anilines is 1. The minimum absolute atomic E-state index is 0.0477. The lowest BCUT2D eigenvalue weighted by Crippen LogP contribution is -2.44. The van der Waals surface area contributed by atoms with Gasteiger partial charge in [-0.3, -0.25) is 19.9 Å². The molecule has 1 aromatic carbocycles. The molecular weight excluding hydrogens is 338 g/mol. The van der Waals surface area contributed by atoms with Crippen molar-refractivity contribution >= 4 is 28.5 Å². The summed E-state index contributed by atoms with van der Waals surface area (Å²) < 4.78 is 4.78. The number of hydrogen-bond donors (Lipinski definition) is 1. The minimum Gasteiger partial charge on any atom is -0.461 e. The number of nitro groups is 1. The number of esters is 1. The van der Waals surface area contributed by atoms with Crippen molar-refractivity contribution in [1.82, 2.24) is 4.98 Å². The number of fused-ring (bicyclic) bond motifs is 1. The molecule has 0 saturated heterocycles. The van der Waals surface area contributed by atoms with Gasteiger partial charge in [-0.1, -0.05) is 18.2 Å². The SMILES string of the molecule is CCOC(=O)C(C)(CCCC(=O)Nc1cccc2cccnc12)[N+](=O)[O-]. The van der Waals surface area contributed by atoms with Gasteiger partial charge < -0.3 is 10.1 Å². The second-order valence-electron chi connectivity index (χ2n) is 6.03. The standard InChI is InChI=1S/C18H21N3O5/c1-3-26-17(23)18(2,21(24)25)11-5-10-15(22)20-14-9-4-7-13-8-6-12-19-16(13)14/h4,6-9,12H,3,5,10-11H2,1-2H3,(H,20,22).